The Morgan fingerprint density at radius 1 is 1.17 bits per heavy atom. The van der Waals surface area contributed by atoms with Crippen LogP contribution in [0.5, 0.6) is 0 Å². The van der Waals surface area contributed by atoms with Gasteiger partial charge in [-0.25, -0.2) is 0 Å². The molecule has 3 rings (SSSR count). The summed E-state index contributed by atoms with van der Waals surface area (Å²) in [5, 5.41) is 26.9. The molecule has 0 atom stereocenters. The molecule has 8 heteroatoms. The van der Waals surface area contributed by atoms with Crippen LogP contribution in [0.3, 0.4) is 0 Å². The molecule has 0 aliphatic heterocycles. The molecule has 2 aliphatic rings. The third-order valence-electron chi connectivity index (χ3n) is 4.21. The number of hydrogen-bond acceptors (Lipinski definition) is 6. The summed E-state index contributed by atoms with van der Waals surface area (Å²) in [4.78, 5) is 14.0. The Bertz CT molecular complexity index is 662. The summed E-state index contributed by atoms with van der Waals surface area (Å²) >= 11 is 1.42. The van der Waals surface area contributed by atoms with E-state index in [1.807, 2.05) is 12.1 Å². The minimum absolute atomic E-state index is 0.0520. The van der Waals surface area contributed by atoms with Crippen molar-refractivity contribution in [3.8, 4) is 12.1 Å². The van der Waals surface area contributed by atoms with Crippen LogP contribution in [0.4, 0.5) is 0 Å². The second-order valence-corrected chi connectivity index (χ2v) is 7.14. The van der Waals surface area contributed by atoms with Crippen molar-refractivity contribution in [1.29, 1.82) is 10.5 Å². The second kappa shape index (κ2) is 7.67. The van der Waals surface area contributed by atoms with Gasteiger partial charge < -0.3 is 9.47 Å². The number of aromatic nitrogens is 3. The molecule has 1 amide bonds. The second-order valence-electron chi connectivity index (χ2n) is 6.20. The highest BCUT2D eigenvalue weighted by atomic mass is 32.2. The van der Waals surface area contributed by atoms with Gasteiger partial charge in [-0.3, -0.25) is 4.79 Å². The number of rotatable bonds is 9. The summed E-state index contributed by atoms with van der Waals surface area (Å²) in [6, 6.07) is 4.60. The van der Waals surface area contributed by atoms with E-state index in [0.29, 0.717) is 25.0 Å². The molecule has 0 unspecified atom stereocenters. The first-order chi connectivity index (χ1) is 11.7. The van der Waals surface area contributed by atoms with Crippen LogP contribution in [0.1, 0.15) is 56.3 Å². The molecule has 24 heavy (non-hydrogen) atoms. The van der Waals surface area contributed by atoms with Crippen molar-refractivity contribution < 1.29 is 4.79 Å². The number of amides is 1. The third kappa shape index (κ3) is 4.07. The average molecular weight is 344 g/mol. The van der Waals surface area contributed by atoms with Crippen LogP contribution < -0.4 is 0 Å². The van der Waals surface area contributed by atoms with E-state index in [1.54, 1.807) is 4.90 Å². The topological polar surface area (TPSA) is 98.6 Å². The van der Waals surface area contributed by atoms with Crippen molar-refractivity contribution in [1.82, 2.24) is 19.7 Å². The van der Waals surface area contributed by atoms with Crippen LogP contribution in [-0.2, 0) is 4.79 Å². The Balaban J connectivity index is 1.60. The third-order valence-corrected chi connectivity index (χ3v) is 5.14. The number of carbonyl (C=O) groups is 1. The number of thioether (sulfide) groups is 1. The normalized spacial score (nSPS) is 16.4. The van der Waals surface area contributed by atoms with Crippen molar-refractivity contribution in [2.45, 2.75) is 55.6 Å². The van der Waals surface area contributed by atoms with Gasteiger partial charge in [0.2, 0.25) is 5.91 Å². The summed E-state index contributed by atoms with van der Waals surface area (Å²) in [7, 11) is 0. The van der Waals surface area contributed by atoms with E-state index in [0.717, 1.165) is 23.8 Å². The van der Waals surface area contributed by atoms with E-state index < -0.39 is 0 Å². The van der Waals surface area contributed by atoms with Gasteiger partial charge in [0.1, 0.15) is 5.82 Å². The first-order valence-electron chi connectivity index (χ1n) is 8.34. The van der Waals surface area contributed by atoms with E-state index >= 15 is 0 Å². The molecule has 2 aliphatic carbocycles. The zero-order valence-electron chi connectivity index (χ0n) is 13.5. The molecule has 1 heterocycles. The van der Waals surface area contributed by atoms with Crippen molar-refractivity contribution in [3.63, 3.8) is 0 Å². The van der Waals surface area contributed by atoms with Gasteiger partial charge in [-0.15, -0.1) is 10.2 Å². The first kappa shape index (κ1) is 16.8. The fourth-order valence-electron chi connectivity index (χ4n) is 2.63. The van der Waals surface area contributed by atoms with Crippen LogP contribution >= 0.6 is 11.8 Å². The predicted molar refractivity (Wildman–Crippen MR) is 88.0 cm³/mol. The highest BCUT2D eigenvalue weighted by Gasteiger charge is 2.36. The smallest absolute Gasteiger partial charge is 0.233 e. The van der Waals surface area contributed by atoms with Gasteiger partial charge in [0.05, 0.1) is 30.7 Å². The summed E-state index contributed by atoms with van der Waals surface area (Å²) in [6.45, 7) is 0.750. The lowest BCUT2D eigenvalue weighted by molar-refractivity contribution is -0.128. The Labute approximate surface area is 145 Å². The summed E-state index contributed by atoms with van der Waals surface area (Å²) in [5.41, 5.74) is 0. The lowest BCUT2D eigenvalue weighted by Gasteiger charge is -2.20. The van der Waals surface area contributed by atoms with Gasteiger partial charge >= 0.3 is 0 Å². The molecular weight excluding hydrogens is 324 g/mol. The van der Waals surface area contributed by atoms with E-state index in [1.165, 1.54) is 24.6 Å². The van der Waals surface area contributed by atoms with Gasteiger partial charge in [0.15, 0.2) is 5.16 Å². The Morgan fingerprint density at radius 3 is 2.38 bits per heavy atom. The quantitative estimate of drug-likeness (QED) is 0.637. The summed E-state index contributed by atoms with van der Waals surface area (Å²) < 4.78 is 2.23. The number of nitriles is 2. The molecule has 0 N–H and O–H groups in total. The molecule has 0 bridgehead atoms. The molecule has 0 aromatic carbocycles. The van der Waals surface area contributed by atoms with E-state index in [4.69, 9.17) is 10.5 Å². The van der Waals surface area contributed by atoms with Gasteiger partial charge in [0, 0.05) is 25.0 Å². The average Bonchev–Trinajstić information content (AvgIpc) is 3.51. The molecular formula is C16H20N6OS. The number of hydrogen-bond donors (Lipinski definition) is 0. The highest BCUT2D eigenvalue weighted by Crippen LogP contribution is 2.45. The molecule has 0 saturated heterocycles. The fourth-order valence-corrected chi connectivity index (χ4v) is 3.55. The SMILES string of the molecule is N#CCCN(CCC#N)C(=O)CSc1nnc(C2CC2)n1C1CC1. The molecule has 2 fully saturated rings. The molecule has 1 aromatic rings. The van der Waals surface area contributed by atoms with E-state index in [9.17, 15) is 4.79 Å². The standard InChI is InChI=1S/C16H20N6OS/c17-7-1-9-21(10-2-8-18)14(23)11-24-16-20-19-15(12-3-4-12)22(16)13-5-6-13/h12-13H,1-6,9-11H2. The Hall–Kier alpha value is -2.06. The van der Waals surface area contributed by atoms with Gasteiger partial charge in [-0.2, -0.15) is 10.5 Å². The van der Waals surface area contributed by atoms with Gasteiger partial charge in [-0.1, -0.05) is 11.8 Å². The lowest BCUT2D eigenvalue weighted by Crippen LogP contribution is -2.34. The zero-order chi connectivity index (χ0) is 16.9. The maximum atomic E-state index is 12.4. The molecule has 2 saturated carbocycles. The van der Waals surface area contributed by atoms with Crippen LogP contribution in [-0.4, -0.2) is 44.4 Å². The molecule has 1 aromatic heterocycles. The van der Waals surface area contributed by atoms with Crippen molar-refractivity contribution in [2.75, 3.05) is 18.8 Å². The maximum Gasteiger partial charge on any atom is 0.233 e. The van der Waals surface area contributed by atoms with Crippen LogP contribution in [0.15, 0.2) is 5.16 Å². The fraction of sp³-hybridized carbons (Fsp3) is 0.688. The van der Waals surface area contributed by atoms with Gasteiger partial charge in [0.25, 0.3) is 0 Å². The number of nitrogens with zero attached hydrogens (tertiary/aromatic N) is 6. The van der Waals surface area contributed by atoms with Gasteiger partial charge in [-0.05, 0) is 25.7 Å². The monoisotopic (exact) mass is 344 g/mol. The molecule has 0 spiro atoms. The molecule has 126 valence electrons. The molecule has 7 nitrogen and oxygen atoms in total. The van der Waals surface area contributed by atoms with Crippen molar-refractivity contribution in [3.05, 3.63) is 5.82 Å². The van der Waals surface area contributed by atoms with Crippen molar-refractivity contribution >= 4 is 17.7 Å². The first-order valence-corrected chi connectivity index (χ1v) is 9.32. The minimum atomic E-state index is -0.0520. The maximum absolute atomic E-state index is 12.4. The molecule has 0 radical (unpaired) electrons. The zero-order valence-corrected chi connectivity index (χ0v) is 14.3. The summed E-state index contributed by atoms with van der Waals surface area (Å²) in [5.74, 6) is 1.85. The minimum Gasteiger partial charge on any atom is -0.340 e. The number of carbonyl (C=O) groups excluding carboxylic acids is 1. The largest absolute Gasteiger partial charge is 0.340 e. The van der Waals surface area contributed by atoms with Crippen molar-refractivity contribution in [2.24, 2.45) is 0 Å². The van der Waals surface area contributed by atoms with E-state index in [2.05, 4.69) is 14.8 Å². The highest BCUT2D eigenvalue weighted by molar-refractivity contribution is 7.99. The predicted octanol–water partition coefficient (Wildman–Crippen LogP) is 2.24. The van der Waals surface area contributed by atoms with E-state index in [-0.39, 0.29) is 24.5 Å². The Kier molecular flexibility index (Phi) is 5.37. The van der Waals surface area contributed by atoms with Crippen LogP contribution in [0.25, 0.3) is 0 Å². The summed E-state index contributed by atoms with van der Waals surface area (Å²) in [6.07, 6.45) is 5.26. The Morgan fingerprint density at radius 2 is 1.83 bits per heavy atom. The van der Waals surface area contributed by atoms with Crippen LogP contribution in [0, 0.1) is 22.7 Å². The lowest BCUT2D eigenvalue weighted by atomic mass is 10.3. The van der Waals surface area contributed by atoms with Crippen LogP contribution in [0.2, 0.25) is 0 Å².